The van der Waals surface area contributed by atoms with Gasteiger partial charge in [-0.05, 0) is 44.0 Å². The number of carbonyl (C=O) groups excluding carboxylic acids is 1. The lowest BCUT2D eigenvalue weighted by Crippen LogP contribution is -2.39. The molecule has 3 N–H and O–H groups in total. The highest BCUT2D eigenvalue weighted by Crippen LogP contribution is 2.15. The molecule has 6 nitrogen and oxygen atoms in total. The van der Waals surface area contributed by atoms with Crippen LogP contribution in [0.2, 0.25) is 0 Å². The average Bonchev–Trinajstić information content (AvgIpc) is 2.66. The molecule has 0 radical (unpaired) electrons. The van der Waals surface area contributed by atoms with Crippen molar-refractivity contribution in [1.82, 2.24) is 10.2 Å². The Morgan fingerprint density at radius 3 is 2.92 bits per heavy atom. The van der Waals surface area contributed by atoms with Crippen LogP contribution in [0.4, 0.5) is 0 Å². The first-order valence-electron chi connectivity index (χ1n) is 9.13. The van der Waals surface area contributed by atoms with E-state index in [4.69, 9.17) is 15.2 Å². The summed E-state index contributed by atoms with van der Waals surface area (Å²) < 4.78 is 11.3. The summed E-state index contributed by atoms with van der Waals surface area (Å²) in [5.41, 5.74) is 6.72. The van der Waals surface area contributed by atoms with Crippen molar-refractivity contribution in [2.45, 2.75) is 44.8 Å². The van der Waals surface area contributed by atoms with E-state index in [1.54, 1.807) is 0 Å². The highest BCUT2D eigenvalue weighted by Gasteiger charge is 2.18. The summed E-state index contributed by atoms with van der Waals surface area (Å²) in [7, 11) is 2.14. The fourth-order valence-electron chi connectivity index (χ4n) is 2.87. The number of nitrogens with zero attached hydrogens (tertiary/aromatic N) is 1. The van der Waals surface area contributed by atoms with Gasteiger partial charge in [0.05, 0.1) is 6.04 Å². The van der Waals surface area contributed by atoms with Crippen LogP contribution in [0.1, 0.15) is 31.7 Å². The normalized spacial score (nSPS) is 16.6. The van der Waals surface area contributed by atoms with E-state index in [2.05, 4.69) is 17.3 Å². The maximum atomic E-state index is 11.7. The van der Waals surface area contributed by atoms with Crippen LogP contribution in [0.3, 0.4) is 0 Å². The molecule has 6 heteroatoms. The van der Waals surface area contributed by atoms with Crippen molar-refractivity contribution in [3.63, 3.8) is 0 Å². The number of rotatable bonds is 9. The minimum absolute atomic E-state index is 0.119. The van der Waals surface area contributed by atoms with Crippen molar-refractivity contribution in [1.29, 1.82) is 0 Å². The first-order valence-corrected chi connectivity index (χ1v) is 9.13. The Morgan fingerprint density at radius 2 is 2.20 bits per heavy atom. The molecular weight excluding hydrogens is 318 g/mol. The van der Waals surface area contributed by atoms with Gasteiger partial charge in [-0.15, -0.1) is 0 Å². The third-order valence-corrected chi connectivity index (χ3v) is 4.67. The molecule has 0 bridgehead atoms. The molecule has 1 heterocycles. The third-order valence-electron chi connectivity index (χ3n) is 4.67. The largest absolute Gasteiger partial charge is 0.492 e. The molecule has 0 saturated carbocycles. The molecule has 1 aromatic carbocycles. The number of hydrogen-bond donors (Lipinski definition) is 2. The first-order chi connectivity index (χ1) is 12.1. The molecule has 1 saturated heterocycles. The summed E-state index contributed by atoms with van der Waals surface area (Å²) in [5, 5.41) is 2.85. The van der Waals surface area contributed by atoms with Gasteiger partial charge >= 0.3 is 0 Å². The molecule has 1 atom stereocenters. The van der Waals surface area contributed by atoms with Gasteiger partial charge in [0.2, 0.25) is 5.91 Å². The van der Waals surface area contributed by atoms with Crippen LogP contribution in [0, 0.1) is 0 Å². The summed E-state index contributed by atoms with van der Waals surface area (Å²) in [4.78, 5) is 14.1. The molecule has 0 aliphatic carbocycles. The second kappa shape index (κ2) is 10.4. The summed E-state index contributed by atoms with van der Waals surface area (Å²) in [6, 6.07) is 7.96. The van der Waals surface area contributed by atoms with E-state index >= 15 is 0 Å². The van der Waals surface area contributed by atoms with Gasteiger partial charge in [-0.1, -0.05) is 19.1 Å². The minimum atomic E-state index is -0.444. The van der Waals surface area contributed by atoms with Crippen LogP contribution < -0.4 is 15.8 Å². The van der Waals surface area contributed by atoms with Crippen molar-refractivity contribution < 1.29 is 14.3 Å². The van der Waals surface area contributed by atoms with Crippen LogP contribution in [0.5, 0.6) is 5.75 Å². The molecule has 1 fully saturated rings. The van der Waals surface area contributed by atoms with E-state index in [1.165, 1.54) is 0 Å². The predicted molar refractivity (Wildman–Crippen MR) is 98.5 cm³/mol. The van der Waals surface area contributed by atoms with Gasteiger partial charge in [-0.2, -0.15) is 0 Å². The Labute approximate surface area is 150 Å². The van der Waals surface area contributed by atoms with Gasteiger partial charge in [0.15, 0.2) is 0 Å². The smallest absolute Gasteiger partial charge is 0.237 e. The number of hydrogen-bond acceptors (Lipinski definition) is 5. The molecule has 140 valence electrons. The molecule has 1 amide bonds. The Balaban J connectivity index is 1.74. The number of ether oxygens (including phenoxy) is 2. The van der Waals surface area contributed by atoms with Gasteiger partial charge in [-0.3, -0.25) is 9.69 Å². The first kappa shape index (κ1) is 19.7. The zero-order valence-corrected chi connectivity index (χ0v) is 15.4. The number of nitrogens with two attached hydrogens (primary N) is 1. The van der Waals surface area contributed by atoms with Crippen LogP contribution in [0.15, 0.2) is 24.3 Å². The van der Waals surface area contributed by atoms with Crippen molar-refractivity contribution in [3.8, 4) is 5.75 Å². The number of likely N-dealkylation sites (N-methyl/N-ethyl adjacent to an activating group) is 1. The lowest BCUT2D eigenvalue weighted by molar-refractivity contribution is -0.122. The minimum Gasteiger partial charge on any atom is -0.492 e. The fourth-order valence-corrected chi connectivity index (χ4v) is 2.87. The van der Waals surface area contributed by atoms with Crippen molar-refractivity contribution >= 4 is 5.91 Å². The van der Waals surface area contributed by atoms with E-state index in [-0.39, 0.29) is 5.91 Å². The van der Waals surface area contributed by atoms with Gasteiger partial charge in [0.1, 0.15) is 12.4 Å². The molecule has 0 unspecified atom stereocenters. The maximum Gasteiger partial charge on any atom is 0.237 e. The second-order valence-corrected chi connectivity index (χ2v) is 6.55. The Hall–Kier alpha value is -1.63. The zero-order chi connectivity index (χ0) is 18.1. The Morgan fingerprint density at radius 1 is 1.44 bits per heavy atom. The van der Waals surface area contributed by atoms with Gasteiger partial charge < -0.3 is 20.5 Å². The summed E-state index contributed by atoms with van der Waals surface area (Å²) in [5.74, 6) is 0.707. The van der Waals surface area contributed by atoms with E-state index in [0.29, 0.717) is 25.6 Å². The van der Waals surface area contributed by atoms with E-state index in [1.807, 2.05) is 31.2 Å². The SMILES string of the molecule is CC[C@H](N)C(=O)NCc1cccc(OCCN(C)C2CCOCC2)c1. The van der Waals surface area contributed by atoms with Gasteiger partial charge in [0, 0.05) is 32.3 Å². The van der Waals surface area contributed by atoms with Crippen molar-refractivity contribution in [2.24, 2.45) is 5.73 Å². The molecule has 0 spiro atoms. The molecule has 1 aliphatic rings. The monoisotopic (exact) mass is 349 g/mol. The highest BCUT2D eigenvalue weighted by molar-refractivity contribution is 5.81. The summed E-state index contributed by atoms with van der Waals surface area (Å²) in [6.45, 7) is 5.60. The van der Waals surface area contributed by atoms with E-state index in [9.17, 15) is 4.79 Å². The second-order valence-electron chi connectivity index (χ2n) is 6.55. The van der Waals surface area contributed by atoms with Crippen molar-refractivity contribution in [2.75, 3.05) is 33.4 Å². The molecule has 1 aliphatic heterocycles. The lowest BCUT2D eigenvalue weighted by Gasteiger charge is -2.31. The molecular formula is C19H31N3O3. The Kier molecular flexibility index (Phi) is 8.18. The zero-order valence-electron chi connectivity index (χ0n) is 15.4. The van der Waals surface area contributed by atoms with Crippen LogP contribution in [-0.4, -0.2) is 56.3 Å². The highest BCUT2D eigenvalue weighted by atomic mass is 16.5. The third kappa shape index (κ3) is 6.65. The number of carbonyl (C=O) groups is 1. The van der Waals surface area contributed by atoms with Gasteiger partial charge in [0.25, 0.3) is 0 Å². The molecule has 2 rings (SSSR count). The van der Waals surface area contributed by atoms with E-state index in [0.717, 1.165) is 43.9 Å². The Bertz CT molecular complexity index is 532. The van der Waals surface area contributed by atoms with Crippen LogP contribution >= 0.6 is 0 Å². The number of benzene rings is 1. The standard InChI is InChI=1S/C19H31N3O3/c1-3-18(20)19(23)21-14-15-5-4-6-17(13-15)25-12-9-22(2)16-7-10-24-11-8-16/h4-6,13,16,18H,3,7-12,14,20H2,1-2H3,(H,21,23)/t18-/m0/s1. The van der Waals surface area contributed by atoms with Crippen LogP contribution in [-0.2, 0) is 16.1 Å². The quantitative estimate of drug-likeness (QED) is 0.707. The predicted octanol–water partition coefficient (Wildman–Crippen LogP) is 1.53. The van der Waals surface area contributed by atoms with Gasteiger partial charge in [-0.25, -0.2) is 0 Å². The summed E-state index contributed by atoms with van der Waals surface area (Å²) in [6.07, 6.45) is 2.81. The van der Waals surface area contributed by atoms with E-state index < -0.39 is 6.04 Å². The molecule has 25 heavy (non-hydrogen) atoms. The number of amides is 1. The average molecular weight is 349 g/mol. The topological polar surface area (TPSA) is 76.8 Å². The lowest BCUT2D eigenvalue weighted by atomic mass is 10.1. The number of nitrogens with one attached hydrogen (secondary N) is 1. The van der Waals surface area contributed by atoms with Crippen molar-refractivity contribution in [3.05, 3.63) is 29.8 Å². The molecule has 0 aromatic heterocycles. The summed E-state index contributed by atoms with van der Waals surface area (Å²) >= 11 is 0. The fraction of sp³-hybridized carbons (Fsp3) is 0.632. The van der Waals surface area contributed by atoms with Crippen LogP contribution in [0.25, 0.3) is 0 Å². The molecule has 1 aromatic rings. The maximum absolute atomic E-state index is 11.7.